The second-order valence-corrected chi connectivity index (χ2v) is 6.56. The van der Waals surface area contributed by atoms with Gasteiger partial charge in [0.2, 0.25) is 0 Å². The largest absolute Gasteiger partial charge is 0.477 e. The Balaban J connectivity index is 1.51. The summed E-state index contributed by atoms with van der Waals surface area (Å²) in [6.07, 6.45) is 6.67. The van der Waals surface area contributed by atoms with E-state index in [0.717, 1.165) is 31.4 Å². The molecule has 24 heavy (non-hydrogen) atoms. The number of carbonyl (C=O) groups excluding carboxylic acids is 1. The Morgan fingerprint density at radius 1 is 1.17 bits per heavy atom. The van der Waals surface area contributed by atoms with Gasteiger partial charge in [-0.3, -0.25) is 4.79 Å². The lowest BCUT2D eigenvalue weighted by molar-refractivity contribution is 0.0889. The van der Waals surface area contributed by atoms with Crippen LogP contribution in [0.2, 0.25) is 0 Å². The van der Waals surface area contributed by atoms with Crippen LogP contribution in [-0.2, 0) is 0 Å². The van der Waals surface area contributed by atoms with Gasteiger partial charge in [0.05, 0.1) is 18.3 Å². The van der Waals surface area contributed by atoms with Crippen LogP contribution in [0.3, 0.4) is 0 Å². The molecule has 0 saturated heterocycles. The first-order chi connectivity index (χ1) is 11.7. The summed E-state index contributed by atoms with van der Waals surface area (Å²) in [5.41, 5.74) is 2.48. The van der Waals surface area contributed by atoms with E-state index >= 15 is 0 Å². The number of carbonyl (C=O) groups is 1. The van der Waals surface area contributed by atoms with Crippen molar-refractivity contribution in [1.82, 2.24) is 20.3 Å². The molecule has 1 aliphatic rings. The van der Waals surface area contributed by atoms with Crippen molar-refractivity contribution in [3.8, 4) is 11.8 Å². The number of nitrogens with one attached hydrogen (secondary N) is 1. The SMILES string of the molecule is COc1nccnc1OC1CCC(NC(=O)c2scnc2C)CC1. The molecule has 2 aromatic heterocycles. The van der Waals surface area contributed by atoms with Crippen molar-refractivity contribution < 1.29 is 14.3 Å². The number of hydrogen-bond acceptors (Lipinski definition) is 7. The highest BCUT2D eigenvalue weighted by Gasteiger charge is 2.26. The van der Waals surface area contributed by atoms with E-state index in [1.807, 2.05) is 6.92 Å². The van der Waals surface area contributed by atoms with Crippen molar-refractivity contribution >= 4 is 17.2 Å². The van der Waals surface area contributed by atoms with Gasteiger partial charge in [-0.2, -0.15) is 0 Å². The Labute approximate surface area is 144 Å². The number of hydrogen-bond donors (Lipinski definition) is 1. The van der Waals surface area contributed by atoms with E-state index in [4.69, 9.17) is 9.47 Å². The normalized spacial score (nSPS) is 20.4. The molecule has 0 radical (unpaired) electrons. The Morgan fingerprint density at radius 3 is 2.50 bits per heavy atom. The van der Waals surface area contributed by atoms with E-state index in [2.05, 4.69) is 20.3 Å². The molecule has 0 spiro atoms. The predicted molar refractivity (Wildman–Crippen MR) is 89.6 cm³/mol. The average molecular weight is 348 g/mol. The topological polar surface area (TPSA) is 86.2 Å². The van der Waals surface area contributed by atoms with Crippen molar-refractivity contribution in [1.29, 1.82) is 0 Å². The Morgan fingerprint density at radius 2 is 1.88 bits per heavy atom. The molecule has 0 aromatic carbocycles. The second kappa shape index (κ2) is 7.57. The van der Waals surface area contributed by atoms with Crippen LogP contribution >= 0.6 is 11.3 Å². The van der Waals surface area contributed by atoms with Crippen LogP contribution in [0.25, 0.3) is 0 Å². The highest BCUT2D eigenvalue weighted by Crippen LogP contribution is 2.27. The summed E-state index contributed by atoms with van der Waals surface area (Å²) in [5.74, 6) is 0.788. The third-order valence-electron chi connectivity index (χ3n) is 4.07. The molecule has 2 aromatic rings. The zero-order chi connectivity index (χ0) is 16.9. The number of rotatable bonds is 5. The zero-order valence-electron chi connectivity index (χ0n) is 13.7. The van der Waals surface area contributed by atoms with Crippen molar-refractivity contribution in [2.75, 3.05) is 7.11 Å². The predicted octanol–water partition coefficient (Wildman–Crippen LogP) is 2.37. The van der Waals surface area contributed by atoms with Gasteiger partial charge in [-0.15, -0.1) is 11.3 Å². The molecule has 3 rings (SSSR count). The number of ether oxygens (including phenoxy) is 2. The van der Waals surface area contributed by atoms with E-state index in [9.17, 15) is 4.79 Å². The van der Waals surface area contributed by atoms with Crippen LogP contribution in [-0.4, -0.2) is 40.1 Å². The van der Waals surface area contributed by atoms with Crippen molar-refractivity contribution in [2.24, 2.45) is 0 Å². The molecule has 1 fully saturated rings. The van der Waals surface area contributed by atoms with Gasteiger partial charge in [0.25, 0.3) is 17.7 Å². The molecule has 7 nitrogen and oxygen atoms in total. The lowest BCUT2D eigenvalue weighted by Gasteiger charge is -2.29. The first kappa shape index (κ1) is 16.6. The second-order valence-electron chi connectivity index (χ2n) is 5.70. The smallest absolute Gasteiger partial charge is 0.278 e. The Hall–Kier alpha value is -2.22. The van der Waals surface area contributed by atoms with Gasteiger partial charge in [0, 0.05) is 18.4 Å². The fourth-order valence-corrected chi connectivity index (χ4v) is 3.49. The Kier molecular flexibility index (Phi) is 5.24. The lowest BCUT2D eigenvalue weighted by atomic mass is 9.93. The standard InChI is InChI=1S/C16H20N4O3S/c1-10-13(24-9-19-10)14(21)20-11-3-5-12(6-4-11)23-16-15(22-2)17-7-8-18-16/h7-9,11-12H,3-6H2,1-2H3,(H,20,21). The molecule has 1 amide bonds. The van der Waals surface area contributed by atoms with E-state index in [-0.39, 0.29) is 18.1 Å². The molecular formula is C16H20N4O3S. The van der Waals surface area contributed by atoms with E-state index < -0.39 is 0 Å². The number of thiazole rings is 1. The van der Waals surface area contributed by atoms with Crippen molar-refractivity contribution in [3.63, 3.8) is 0 Å². The number of nitrogens with zero attached hydrogens (tertiary/aromatic N) is 3. The summed E-state index contributed by atoms with van der Waals surface area (Å²) in [6, 6.07) is 0.169. The van der Waals surface area contributed by atoms with Gasteiger partial charge in [-0.25, -0.2) is 15.0 Å². The van der Waals surface area contributed by atoms with Crippen LogP contribution in [0, 0.1) is 6.92 Å². The van der Waals surface area contributed by atoms with Gasteiger partial charge < -0.3 is 14.8 Å². The third-order valence-corrected chi connectivity index (χ3v) is 4.99. The van der Waals surface area contributed by atoms with Gasteiger partial charge in [0.1, 0.15) is 11.0 Å². The highest BCUT2D eigenvalue weighted by molar-refractivity contribution is 7.11. The first-order valence-corrected chi connectivity index (χ1v) is 8.78. The minimum atomic E-state index is -0.0324. The lowest BCUT2D eigenvalue weighted by Crippen LogP contribution is -2.39. The van der Waals surface area contributed by atoms with E-state index in [1.165, 1.54) is 11.3 Å². The zero-order valence-corrected chi connectivity index (χ0v) is 14.5. The van der Waals surface area contributed by atoms with E-state index in [0.29, 0.717) is 16.6 Å². The number of methoxy groups -OCH3 is 1. The number of amides is 1. The maximum absolute atomic E-state index is 12.2. The minimum absolute atomic E-state index is 0.0324. The summed E-state index contributed by atoms with van der Waals surface area (Å²) in [7, 11) is 1.55. The fraction of sp³-hybridized carbons (Fsp3) is 0.500. The van der Waals surface area contributed by atoms with Crippen molar-refractivity contribution in [3.05, 3.63) is 28.5 Å². The van der Waals surface area contributed by atoms with Crippen LogP contribution in [0.15, 0.2) is 17.9 Å². The molecule has 1 aliphatic carbocycles. The number of aryl methyl sites for hydroxylation is 1. The van der Waals surface area contributed by atoms with Gasteiger partial charge in [-0.1, -0.05) is 0 Å². The minimum Gasteiger partial charge on any atom is -0.477 e. The maximum Gasteiger partial charge on any atom is 0.278 e. The van der Waals surface area contributed by atoms with Crippen LogP contribution in [0.1, 0.15) is 41.0 Å². The molecular weight excluding hydrogens is 328 g/mol. The van der Waals surface area contributed by atoms with Gasteiger partial charge in [0.15, 0.2) is 0 Å². The van der Waals surface area contributed by atoms with Crippen molar-refractivity contribution in [2.45, 2.75) is 44.8 Å². The average Bonchev–Trinajstić information content (AvgIpc) is 3.03. The van der Waals surface area contributed by atoms with Crippen LogP contribution < -0.4 is 14.8 Å². The summed E-state index contributed by atoms with van der Waals surface area (Å²) in [4.78, 5) is 25.3. The molecule has 2 heterocycles. The highest BCUT2D eigenvalue weighted by atomic mass is 32.1. The monoisotopic (exact) mass is 348 g/mol. The fourth-order valence-electron chi connectivity index (χ4n) is 2.79. The summed E-state index contributed by atoms with van der Waals surface area (Å²) in [5, 5.41) is 3.09. The van der Waals surface area contributed by atoms with E-state index in [1.54, 1.807) is 25.0 Å². The molecule has 1 N–H and O–H groups in total. The van der Waals surface area contributed by atoms with Gasteiger partial charge in [-0.05, 0) is 32.6 Å². The first-order valence-electron chi connectivity index (χ1n) is 7.90. The van der Waals surface area contributed by atoms with Crippen LogP contribution in [0.4, 0.5) is 0 Å². The van der Waals surface area contributed by atoms with Gasteiger partial charge >= 0.3 is 0 Å². The summed E-state index contributed by atoms with van der Waals surface area (Å²) in [6.45, 7) is 1.85. The molecule has 0 aliphatic heterocycles. The molecule has 128 valence electrons. The number of aromatic nitrogens is 3. The molecule has 8 heteroatoms. The quantitative estimate of drug-likeness (QED) is 0.893. The molecule has 1 saturated carbocycles. The maximum atomic E-state index is 12.2. The summed E-state index contributed by atoms with van der Waals surface area (Å²) >= 11 is 1.38. The van der Waals surface area contributed by atoms with Crippen LogP contribution in [0.5, 0.6) is 11.8 Å². The molecule has 0 unspecified atom stereocenters. The molecule has 0 atom stereocenters. The summed E-state index contributed by atoms with van der Waals surface area (Å²) < 4.78 is 11.1. The third kappa shape index (κ3) is 3.81. The molecule has 0 bridgehead atoms. The Bertz CT molecular complexity index is 698.